The third-order valence-electron chi connectivity index (χ3n) is 6.54. The van der Waals surface area contributed by atoms with Crippen molar-refractivity contribution in [1.29, 1.82) is 0 Å². The van der Waals surface area contributed by atoms with Crippen LogP contribution in [0.4, 0.5) is 21.9 Å². The summed E-state index contributed by atoms with van der Waals surface area (Å²) in [4.78, 5) is 26.3. The van der Waals surface area contributed by atoms with E-state index in [4.69, 9.17) is 15.2 Å². The molecule has 5 N–H and O–H groups in total. The van der Waals surface area contributed by atoms with Gasteiger partial charge in [0.25, 0.3) is 0 Å². The molecule has 5 aromatic rings. The quantitative estimate of drug-likeness (QED) is 0.0965. The Balaban J connectivity index is 1.53. The van der Waals surface area contributed by atoms with Gasteiger partial charge in [-0.25, -0.2) is 4.79 Å². The van der Waals surface area contributed by atoms with E-state index in [1.54, 1.807) is 78.9 Å². The second kappa shape index (κ2) is 13.6. The summed E-state index contributed by atoms with van der Waals surface area (Å²) in [7, 11) is 0. The number of amides is 2. The summed E-state index contributed by atoms with van der Waals surface area (Å²) in [5, 5.41) is 17.3. The zero-order valence-corrected chi connectivity index (χ0v) is 24.4. The van der Waals surface area contributed by atoms with Gasteiger partial charge in [0.15, 0.2) is 12.2 Å². The molecule has 2 amide bonds. The van der Waals surface area contributed by atoms with E-state index >= 15 is 0 Å². The zero-order valence-electron chi connectivity index (χ0n) is 22.8. The maximum absolute atomic E-state index is 13.3. The molecule has 0 radical (unpaired) electrons. The molecule has 0 aromatic heterocycles. The molecule has 0 spiro atoms. The highest BCUT2D eigenvalue weighted by molar-refractivity contribution is 9.10. The highest BCUT2D eigenvalue weighted by Gasteiger charge is 2.30. The van der Waals surface area contributed by atoms with Gasteiger partial charge in [-0.15, -0.1) is 0 Å². The average Bonchev–Trinajstić information content (AvgIpc) is 3.01. The van der Waals surface area contributed by atoms with Crippen LogP contribution in [0.1, 0.15) is 11.7 Å². The molecular formula is C34H28BrN3O5. The van der Waals surface area contributed by atoms with E-state index in [1.165, 1.54) is 18.2 Å². The number of carbonyl (C=O) groups excluding carboxylic acids is 2. The number of aromatic hydroxyl groups is 1. The minimum absolute atomic E-state index is 0.0771. The lowest BCUT2D eigenvalue weighted by atomic mass is 9.96. The first-order chi connectivity index (χ1) is 20.9. The second-order valence-electron chi connectivity index (χ2n) is 9.51. The third kappa shape index (κ3) is 7.52. The largest absolute Gasteiger partial charge is 0.507 e. The first-order valence-electron chi connectivity index (χ1n) is 13.4. The summed E-state index contributed by atoms with van der Waals surface area (Å²) in [6, 6.07) is 33.4. The van der Waals surface area contributed by atoms with Crippen LogP contribution in [0, 0.1) is 0 Å². The number of hydrogen-bond donors (Lipinski definition) is 4. The number of carbonyl (C=O) groups is 2. The molecule has 216 valence electrons. The highest BCUT2D eigenvalue weighted by atomic mass is 79.9. The van der Waals surface area contributed by atoms with E-state index in [0.29, 0.717) is 39.1 Å². The summed E-state index contributed by atoms with van der Waals surface area (Å²) < 4.78 is 13.2. The summed E-state index contributed by atoms with van der Waals surface area (Å²) >= 11 is 3.39. The molecule has 5 aromatic carbocycles. The monoisotopic (exact) mass is 637 g/mol. The number of phenolic OH excluding ortho intramolecular Hbond substituents is 1. The van der Waals surface area contributed by atoms with Gasteiger partial charge >= 0.3 is 6.09 Å². The molecule has 8 nitrogen and oxygen atoms in total. The smallest absolute Gasteiger partial charge is 0.412 e. The van der Waals surface area contributed by atoms with Gasteiger partial charge in [-0.1, -0.05) is 76.6 Å². The van der Waals surface area contributed by atoms with E-state index < -0.39 is 24.2 Å². The molecule has 0 saturated carbocycles. The lowest BCUT2D eigenvalue weighted by Crippen LogP contribution is -2.30. The van der Waals surface area contributed by atoms with Gasteiger partial charge in [-0.3, -0.25) is 10.1 Å². The Kier molecular flexibility index (Phi) is 9.23. The third-order valence-corrected chi connectivity index (χ3v) is 7.06. The Labute approximate surface area is 256 Å². The van der Waals surface area contributed by atoms with Crippen molar-refractivity contribution in [2.45, 2.75) is 12.2 Å². The summed E-state index contributed by atoms with van der Waals surface area (Å²) in [5.41, 5.74) is 7.97. The molecule has 2 atom stereocenters. The van der Waals surface area contributed by atoms with E-state index in [1.807, 2.05) is 30.3 Å². The number of phenols is 1. The fourth-order valence-corrected chi connectivity index (χ4v) is 4.75. The molecule has 0 aliphatic heterocycles. The number of halogens is 1. The van der Waals surface area contributed by atoms with Crippen molar-refractivity contribution in [1.82, 2.24) is 0 Å². The van der Waals surface area contributed by atoms with Gasteiger partial charge in [0, 0.05) is 27.2 Å². The van der Waals surface area contributed by atoms with Crippen molar-refractivity contribution >= 4 is 55.8 Å². The van der Waals surface area contributed by atoms with Crippen LogP contribution in [0.25, 0.3) is 10.8 Å². The van der Waals surface area contributed by atoms with Crippen LogP contribution in [-0.4, -0.2) is 23.2 Å². The van der Waals surface area contributed by atoms with Gasteiger partial charge in [-0.2, -0.15) is 0 Å². The number of hydrogen-bond acceptors (Lipinski definition) is 6. The lowest BCUT2D eigenvalue weighted by molar-refractivity contribution is -0.112. The Hall–Kier alpha value is -5.28. The minimum Gasteiger partial charge on any atom is -0.507 e. The van der Waals surface area contributed by atoms with Crippen molar-refractivity contribution in [3.63, 3.8) is 0 Å². The first kappa shape index (κ1) is 29.2. The first-order valence-corrected chi connectivity index (χ1v) is 14.2. The van der Waals surface area contributed by atoms with Crippen molar-refractivity contribution in [2.24, 2.45) is 0 Å². The minimum atomic E-state index is -1.05. The van der Waals surface area contributed by atoms with Crippen molar-refractivity contribution < 1.29 is 24.2 Å². The topological polar surface area (TPSA) is 123 Å². The number of rotatable bonds is 9. The normalized spacial score (nSPS) is 12.4. The number of fused-ring (bicyclic) bond motifs is 1. The van der Waals surface area contributed by atoms with Crippen LogP contribution < -0.4 is 21.1 Å². The van der Waals surface area contributed by atoms with Gasteiger partial charge in [0.2, 0.25) is 5.91 Å². The number of nitrogens with one attached hydrogen (secondary N) is 2. The number of anilines is 3. The lowest BCUT2D eigenvalue weighted by Gasteiger charge is -2.27. The molecule has 0 unspecified atom stereocenters. The maximum atomic E-state index is 13.3. The van der Waals surface area contributed by atoms with E-state index in [2.05, 4.69) is 26.6 Å². The van der Waals surface area contributed by atoms with Crippen LogP contribution in [-0.2, 0) is 9.53 Å². The maximum Gasteiger partial charge on any atom is 0.412 e. The molecule has 9 heteroatoms. The Morgan fingerprint density at radius 1 is 0.791 bits per heavy atom. The van der Waals surface area contributed by atoms with E-state index in [-0.39, 0.29) is 5.75 Å². The van der Waals surface area contributed by atoms with Crippen LogP contribution in [0.3, 0.4) is 0 Å². The van der Waals surface area contributed by atoms with Crippen molar-refractivity contribution in [3.05, 3.63) is 137 Å². The van der Waals surface area contributed by atoms with Gasteiger partial charge in [0.05, 0.1) is 11.4 Å². The predicted molar refractivity (Wildman–Crippen MR) is 172 cm³/mol. The van der Waals surface area contributed by atoms with Gasteiger partial charge in [-0.05, 0) is 66.1 Å². The zero-order chi connectivity index (χ0) is 30.2. The highest BCUT2D eigenvalue weighted by Crippen LogP contribution is 2.36. The number of nitrogens with two attached hydrogens (primary N) is 1. The number of benzene rings is 5. The summed E-state index contributed by atoms with van der Waals surface area (Å²) in [6.07, 6.45) is 0.0877. The van der Waals surface area contributed by atoms with Crippen LogP contribution in [0.2, 0.25) is 0 Å². The van der Waals surface area contributed by atoms with Crippen molar-refractivity contribution in [3.8, 4) is 11.5 Å². The molecular weight excluding hydrogens is 610 g/mol. The SMILES string of the molecule is Nc1ccccc1NC(=O)/C=C/[C@@H](Oc1ccccc1)[C@H](OC(=O)Nc1ccc(Br)cc1)c1ccc(O)c2ccccc12. The predicted octanol–water partition coefficient (Wildman–Crippen LogP) is 7.82. The molecule has 0 aliphatic carbocycles. The molecule has 0 bridgehead atoms. The van der Waals surface area contributed by atoms with E-state index in [9.17, 15) is 14.7 Å². The van der Waals surface area contributed by atoms with Crippen LogP contribution in [0.5, 0.6) is 11.5 Å². The molecule has 43 heavy (non-hydrogen) atoms. The Morgan fingerprint density at radius 2 is 1.47 bits per heavy atom. The second-order valence-corrected chi connectivity index (χ2v) is 10.4. The molecule has 0 heterocycles. The molecule has 0 saturated heterocycles. The summed E-state index contributed by atoms with van der Waals surface area (Å²) in [6.45, 7) is 0. The molecule has 0 fully saturated rings. The summed E-state index contributed by atoms with van der Waals surface area (Å²) in [5.74, 6) is 0.122. The van der Waals surface area contributed by atoms with Crippen LogP contribution >= 0.6 is 15.9 Å². The van der Waals surface area contributed by atoms with Crippen LogP contribution in [0.15, 0.2) is 132 Å². The number of nitrogen functional groups attached to an aromatic ring is 1. The Morgan fingerprint density at radius 3 is 2.21 bits per heavy atom. The van der Waals surface area contributed by atoms with Crippen molar-refractivity contribution in [2.75, 3.05) is 16.4 Å². The molecule has 0 aliphatic rings. The number of ether oxygens (including phenoxy) is 2. The number of para-hydroxylation sites is 3. The fraction of sp³-hybridized carbons (Fsp3) is 0.0588. The van der Waals surface area contributed by atoms with Gasteiger partial charge < -0.3 is 25.6 Å². The average molecular weight is 639 g/mol. The fourth-order valence-electron chi connectivity index (χ4n) is 4.48. The Bertz CT molecular complexity index is 1760. The van der Waals surface area contributed by atoms with Gasteiger partial charge in [0.1, 0.15) is 11.5 Å². The van der Waals surface area contributed by atoms with E-state index in [0.717, 1.165) is 4.47 Å². The standard InChI is InChI=1S/C34H28BrN3O5/c35-22-14-16-23(17-15-22)37-34(41)43-33(27-18-19-30(39)26-11-5-4-10-25(26)27)31(42-24-8-2-1-3-9-24)20-21-32(40)38-29-13-7-6-12-28(29)36/h1-21,31,33,39H,36H2,(H,37,41)(H,38,40)/b21-20+/t31-,33-/m1/s1. The molecule has 5 rings (SSSR count).